The van der Waals surface area contributed by atoms with Gasteiger partial charge in [0.25, 0.3) is 11.8 Å². The lowest BCUT2D eigenvalue weighted by atomic mass is 10.1. The first-order valence-electron chi connectivity index (χ1n) is 9.58. The van der Waals surface area contributed by atoms with Crippen LogP contribution in [0.5, 0.6) is 0 Å². The summed E-state index contributed by atoms with van der Waals surface area (Å²) in [6.07, 6.45) is 3.76. The molecular formula is C21H21BrN4O3. The van der Waals surface area contributed by atoms with Crippen LogP contribution < -0.4 is 0 Å². The fourth-order valence-electron chi connectivity index (χ4n) is 3.74. The molecule has 1 fully saturated rings. The number of imide groups is 1. The molecule has 29 heavy (non-hydrogen) atoms. The molecule has 0 aliphatic carbocycles. The van der Waals surface area contributed by atoms with Gasteiger partial charge in [0, 0.05) is 62.6 Å². The summed E-state index contributed by atoms with van der Waals surface area (Å²) in [7, 11) is 0. The van der Waals surface area contributed by atoms with E-state index in [0.29, 0.717) is 24.2 Å². The van der Waals surface area contributed by atoms with Gasteiger partial charge in [0.15, 0.2) is 0 Å². The number of carbonyl (C=O) groups excluding carboxylic acids is 3. The van der Waals surface area contributed by atoms with Crippen LogP contribution in [0.2, 0.25) is 0 Å². The Morgan fingerprint density at radius 2 is 1.79 bits per heavy atom. The van der Waals surface area contributed by atoms with E-state index in [1.54, 1.807) is 24.4 Å². The van der Waals surface area contributed by atoms with Crippen LogP contribution in [0, 0.1) is 0 Å². The number of carbonyl (C=O) groups is 3. The molecule has 4 rings (SSSR count). The van der Waals surface area contributed by atoms with Gasteiger partial charge in [-0.25, -0.2) is 0 Å². The molecule has 0 unspecified atom stereocenters. The van der Waals surface area contributed by atoms with E-state index in [2.05, 4.69) is 25.8 Å². The standard InChI is InChI=1S/C21H21BrN4O3/c22-16-3-4-17-18(12-16)21(29)26(20(17)28)7-5-19(27)25-10-8-24(9-11-25)14-15-2-1-6-23-13-15/h1-4,6,12-13H,5,7-11,14H2. The Bertz CT molecular complexity index is 942. The van der Waals surface area contributed by atoms with Gasteiger partial charge in [-0.2, -0.15) is 0 Å². The van der Waals surface area contributed by atoms with E-state index in [1.807, 2.05) is 23.2 Å². The Morgan fingerprint density at radius 1 is 1.03 bits per heavy atom. The molecule has 3 amide bonds. The van der Waals surface area contributed by atoms with Crippen LogP contribution in [0.3, 0.4) is 0 Å². The number of hydrogen-bond acceptors (Lipinski definition) is 5. The Hall–Kier alpha value is -2.58. The van der Waals surface area contributed by atoms with Crippen molar-refractivity contribution in [1.82, 2.24) is 19.7 Å². The molecule has 2 aliphatic rings. The third-order valence-electron chi connectivity index (χ3n) is 5.34. The smallest absolute Gasteiger partial charge is 0.261 e. The molecule has 7 nitrogen and oxygen atoms in total. The number of fused-ring (bicyclic) bond motifs is 1. The fourth-order valence-corrected chi connectivity index (χ4v) is 4.10. The topological polar surface area (TPSA) is 73.8 Å². The van der Waals surface area contributed by atoms with Gasteiger partial charge in [-0.1, -0.05) is 22.0 Å². The number of aromatic nitrogens is 1. The Kier molecular flexibility index (Phi) is 5.73. The molecule has 0 spiro atoms. The van der Waals surface area contributed by atoms with Gasteiger partial charge in [0.1, 0.15) is 0 Å². The zero-order valence-corrected chi connectivity index (χ0v) is 17.5. The molecule has 2 aliphatic heterocycles. The van der Waals surface area contributed by atoms with Crippen molar-refractivity contribution in [2.45, 2.75) is 13.0 Å². The van der Waals surface area contributed by atoms with Crippen LogP contribution >= 0.6 is 15.9 Å². The Morgan fingerprint density at radius 3 is 2.52 bits per heavy atom. The van der Waals surface area contributed by atoms with Crippen molar-refractivity contribution < 1.29 is 14.4 Å². The average Bonchev–Trinajstić information content (AvgIpc) is 2.97. The van der Waals surface area contributed by atoms with E-state index in [0.717, 1.165) is 29.7 Å². The second-order valence-corrected chi connectivity index (χ2v) is 8.14. The van der Waals surface area contributed by atoms with E-state index >= 15 is 0 Å². The third-order valence-corrected chi connectivity index (χ3v) is 5.83. The van der Waals surface area contributed by atoms with E-state index in [1.165, 1.54) is 4.90 Å². The Labute approximate surface area is 177 Å². The molecule has 2 aromatic rings. The van der Waals surface area contributed by atoms with Gasteiger partial charge >= 0.3 is 0 Å². The SMILES string of the molecule is O=C(CCN1C(=O)c2ccc(Br)cc2C1=O)N1CCN(Cc2cccnc2)CC1. The first-order chi connectivity index (χ1) is 14.0. The van der Waals surface area contributed by atoms with Crippen molar-refractivity contribution in [3.63, 3.8) is 0 Å². The number of nitrogens with zero attached hydrogens (tertiary/aromatic N) is 4. The number of piperazine rings is 1. The number of pyridine rings is 1. The highest BCUT2D eigenvalue weighted by molar-refractivity contribution is 9.10. The summed E-state index contributed by atoms with van der Waals surface area (Å²) in [6.45, 7) is 3.81. The molecule has 1 aromatic heterocycles. The lowest BCUT2D eigenvalue weighted by Crippen LogP contribution is -2.49. The molecule has 0 atom stereocenters. The summed E-state index contributed by atoms with van der Waals surface area (Å²) >= 11 is 3.32. The van der Waals surface area contributed by atoms with Crippen molar-refractivity contribution in [1.29, 1.82) is 0 Å². The second kappa shape index (κ2) is 8.42. The van der Waals surface area contributed by atoms with E-state index in [9.17, 15) is 14.4 Å². The summed E-state index contributed by atoms with van der Waals surface area (Å²) in [5.41, 5.74) is 1.94. The van der Waals surface area contributed by atoms with Crippen LogP contribution in [0.25, 0.3) is 0 Å². The minimum absolute atomic E-state index is 0.0243. The fraction of sp³-hybridized carbons (Fsp3) is 0.333. The first kappa shape index (κ1) is 19.7. The predicted octanol–water partition coefficient (Wildman–Crippen LogP) is 2.17. The number of hydrogen-bond donors (Lipinski definition) is 0. The zero-order chi connectivity index (χ0) is 20.4. The zero-order valence-electron chi connectivity index (χ0n) is 15.9. The summed E-state index contributed by atoms with van der Waals surface area (Å²) in [4.78, 5) is 47.0. The molecular weight excluding hydrogens is 436 g/mol. The van der Waals surface area contributed by atoms with Gasteiger partial charge < -0.3 is 4.90 Å². The molecule has 0 bridgehead atoms. The molecule has 0 N–H and O–H groups in total. The Balaban J connectivity index is 1.28. The average molecular weight is 457 g/mol. The van der Waals surface area contributed by atoms with Crippen LogP contribution in [0.4, 0.5) is 0 Å². The minimum Gasteiger partial charge on any atom is -0.340 e. The highest BCUT2D eigenvalue weighted by Crippen LogP contribution is 2.26. The van der Waals surface area contributed by atoms with E-state index in [-0.39, 0.29) is 30.7 Å². The van der Waals surface area contributed by atoms with Gasteiger partial charge in [0.2, 0.25) is 5.91 Å². The van der Waals surface area contributed by atoms with Crippen LogP contribution in [-0.2, 0) is 11.3 Å². The molecule has 1 aromatic carbocycles. The highest BCUT2D eigenvalue weighted by atomic mass is 79.9. The van der Waals surface area contributed by atoms with Gasteiger partial charge in [-0.3, -0.25) is 29.2 Å². The monoisotopic (exact) mass is 456 g/mol. The normalized spacial score (nSPS) is 17.0. The van der Waals surface area contributed by atoms with E-state index < -0.39 is 0 Å². The van der Waals surface area contributed by atoms with Gasteiger partial charge in [-0.15, -0.1) is 0 Å². The second-order valence-electron chi connectivity index (χ2n) is 7.22. The van der Waals surface area contributed by atoms with Gasteiger partial charge in [-0.05, 0) is 29.8 Å². The molecule has 3 heterocycles. The molecule has 0 saturated carbocycles. The maximum atomic E-state index is 12.6. The number of halogens is 1. The molecule has 1 saturated heterocycles. The van der Waals surface area contributed by atoms with Crippen LogP contribution in [0.1, 0.15) is 32.7 Å². The maximum absolute atomic E-state index is 12.6. The predicted molar refractivity (Wildman–Crippen MR) is 110 cm³/mol. The van der Waals surface area contributed by atoms with Gasteiger partial charge in [0.05, 0.1) is 11.1 Å². The summed E-state index contributed by atoms with van der Waals surface area (Å²) in [5.74, 6) is -0.684. The van der Waals surface area contributed by atoms with Crippen molar-refractivity contribution in [3.8, 4) is 0 Å². The molecule has 8 heteroatoms. The highest BCUT2D eigenvalue weighted by Gasteiger charge is 2.36. The van der Waals surface area contributed by atoms with E-state index in [4.69, 9.17) is 0 Å². The number of rotatable bonds is 5. The summed E-state index contributed by atoms with van der Waals surface area (Å²) in [5, 5.41) is 0. The van der Waals surface area contributed by atoms with Crippen LogP contribution in [-0.4, -0.2) is 70.1 Å². The van der Waals surface area contributed by atoms with Crippen molar-refractivity contribution in [2.75, 3.05) is 32.7 Å². The summed E-state index contributed by atoms with van der Waals surface area (Å²) < 4.78 is 0.750. The summed E-state index contributed by atoms with van der Waals surface area (Å²) in [6, 6.07) is 9.00. The molecule has 150 valence electrons. The van der Waals surface area contributed by atoms with Crippen molar-refractivity contribution in [3.05, 3.63) is 63.9 Å². The largest absolute Gasteiger partial charge is 0.340 e. The number of amides is 3. The maximum Gasteiger partial charge on any atom is 0.261 e. The number of benzene rings is 1. The first-order valence-corrected chi connectivity index (χ1v) is 10.4. The molecule has 0 radical (unpaired) electrons. The lowest BCUT2D eigenvalue weighted by molar-refractivity contribution is -0.133. The van der Waals surface area contributed by atoms with Crippen LogP contribution in [0.15, 0.2) is 47.2 Å². The third kappa shape index (κ3) is 4.23. The quantitative estimate of drug-likeness (QED) is 0.644. The minimum atomic E-state index is -0.333. The van der Waals surface area contributed by atoms with Crippen molar-refractivity contribution >= 4 is 33.7 Å². The lowest BCUT2D eigenvalue weighted by Gasteiger charge is -2.35. The van der Waals surface area contributed by atoms with Crippen molar-refractivity contribution in [2.24, 2.45) is 0 Å².